The molecule has 0 bridgehead atoms. The summed E-state index contributed by atoms with van der Waals surface area (Å²) in [6.45, 7) is 2.53. The number of benzene rings is 2. The molecule has 1 saturated heterocycles. The van der Waals surface area contributed by atoms with Gasteiger partial charge in [-0.2, -0.15) is 0 Å². The third-order valence-corrected chi connectivity index (χ3v) is 5.91. The Morgan fingerprint density at radius 2 is 1.83 bits per heavy atom. The van der Waals surface area contributed by atoms with Crippen LogP contribution in [0.2, 0.25) is 0 Å². The van der Waals surface area contributed by atoms with Crippen molar-refractivity contribution in [2.24, 2.45) is 7.05 Å². The number of carbonyl (C=O) groups excluding carboxylic acids is 1. The number of fused-ring (bicyclic) bond motifs is 1. The zero-order valence-electron chi connectivity index (χ0n) is 17.5. The Morgan fingerprint density at radius 1 is 1.10 bits per heavy atom. The summed E-state index contributed by atoms with van der Waals surface area (Å²) in [6, 6.07) is 15.6. The molecule has 1 fully saturated rings. The fourth-order valence-corrected chi connectivity index (χ4v) is 4.29. The number of imidazole rings is 1. The van der Waals surface area contributed by atoms with Crippen molar-refractivity contribution in [3.8, 4) is 5.75 Å². The molecule has 158 valence electrons. The van der Waals surface area contributed by atoms with E-state index in [0.717, 1.165) is 35.4 Å². The zero-order valence-corrected chi connectivity index (χ0v) is 17.5. The number of carbonyl (C=O) groups is 1. The van der Waals surface area contributed by atoms with Crippen LogP contribution in [0.5, 0.6) is 5.75 Å². The summed E-state index contributed by atoms with van der Waals surface area (Å²) in [6.07, 6.45) is 2.33. The van der Waals surface area contributed by atoms with Gasteiger partial charge in [0, 0.05) is 13.6 Å². The van der Waals surface area contributed by atoms with Crippen molar-refractivity contribution in [1.29, 1.82) is 0 Å². The lowest BCUT2D eigenvalue weighted by atomic mass is 10.0. The number of hydrogen-bond donors (Lipinski definition) is 1. The normalized spacial score (nSPS) is 15.4. The highest BCUT2D eigenvalue weighted by atomic mass is 16.5. The van der Waals surface area contributed by atoms with E-state index in [1.54, 1.807) is 18.7 Å². The Kier molecular flexibility index (Phi) is 5.90. The van der Waals surface area contributed by atoms with Crippen molar-refractivity contribution < 1.29 is 9.53 Å². The second-order valence-electron chi connectivity index (χ2n) is 7.76. The van der Waals surface area contributed by atoms with Crippen molar-refractivity contribution in [2.45, 2.75) is 25.4 Å². The molecule has 0 saturated carbocycles. The Morgan fingerprint density at radius 3 is 2.57 bits per heavy atom. The van der Waals surface area contributed by atoms with Gasteiger partial charge in [0.05, 0.1) is 24.2 Å². The molecular weight excluding hydrogens is 380 g/mol. The van der Waals surface area contributed by atoms with Crippen LogP contribution >= 0.6 is 0 Å². The Bertz CT molecular complexity index is 1100. The van der Waals surface area contributed by atoms with E-state index < -0.39 is 0 Å². The second-order valence-corrected chi connectivity index (χ2v) is 7.76. The first kappa shape index (κ1) is 20.2. The minimum atomic E-state index is -0.185. The lowest BCUT2D eigenvalue weighted by Crippen LogP contribution is -2.39. The Hall–Kier alpha value is -3.06. The van der Waals surface area contributed by atoms with Gasteiger partial charge in [-0.05, 0) is 55.8 Å². The highest BCUT2D eigenvalue weighted by Crippen LogP contribution is 2.27. The molecule has 4 rings (SSSR count). The molecular formula is C23H28N4O3. The van der Waals surface area contributed by atoms with Gasteiger partial charge in [0.25, 0.3) is 0 Å². The van der Waals surface area contributed by atoms with Gasteiger partial charge in [0.2, 0.25) is 5.91 Å². The van der Waals surface area contributed by atoms with Gasteiger partial charge in [0.15, 0.2) is 0 Å². The maximum atomic E-state index is 12.8. The molecule has 7 heteroatoms. The minimum Gasteiger partial charge on any atom is -0.497 e. The molecule has 3 aromatic rings. The van der Waals surface area contributed by atoms with Crippen LogP contribution in [-0.2, 0) is 18.4 Å². The largest absolute Gasteiger partial charge is 0.497 e. The lowest BCUT2D eigenvalue weighted by Gasteiger charge is -2.28. The molecule has 0 unspecified atom stereocenters. The van der Waals surface area contributed by atoms with E-state index in [1.807, 2.05) is 42.5 Å². The Balaban J connectivity index is 1.51. The molecule has 30 heavy (non-hydrogen) atoms. The number of amides is 1. The van der Waals surface area contributed by atoms with Crippen LogP contribution < -0.4 is 15.7 Å². The quantitative estimate of drug-likeness (QED) is 0.651. The van der Waals surface area contributed by atoms with E-state index in [1.165, 1.54) is 17.4 Å². The number of hydrogen-bond acceptors (Lipinski definition) is 4. The van der Waals surface area contributed by atoms with E-state index >= 15 is 0 Å². The summed E-state index contributed by atoms with van der Waals surface area (Å²) < 4.78 is 8.49. The zero-order chi connectivity index (χ0) is 21.1. The molecule has 1 aromatic heterocycles. The third-order valence-electron chi connectivity index (χ3n) is 5.91. The first-order valence-electron chi connectivity index (χ1n) is 10.4. The molecule has 2 heterocycles. The molecule has 1 N–H and O–H groups in total. The molecule has 1 aliphatic heterocycles. The van der Waals surface area contributed by atoms with Crippen molar-refractivity contribution in [2.75, 3.05) is 26.7 Å². The van der Waals surface area contributed by atoms with Crippen LogP contribution in [0.4, 0.5) is 0 Å². The summed E-state index contributed by atoms with van der Waals surface area (Å²) in [5.41, 5.74) is 2.53. The summed E-state index contributed by atoms with van der Waals surface area (Å²) >= 11 is 0. The van der Waals surface area contributed by atoms with Crippen LogP contribution in [-0.4, -0.2) is 46.7 Å². The standard InChI is InChI=1S/C23H28N4O3/c1-25-19-10-3-4-11-20(19)27(23(25)29)16-22(28)24-15-21(26-12-5-6-13-26)17-8-7-9-18(14-17)30-2/h3-4,7-11,14,21H,5-6,12-13,15-16H2,1-2H3,(H,24,28)/t21-/m1/s1. The number of aromatic nitrogens is 2. The van der Waals surface area contributed by atoms with Crippen molar-refractivity contribution in [1.82, 2.24) is 19.4 Å². The SMILES string of the molecule is COc1cccc([C@@H](CNC(=O)Cn2c(=O)n(C)c3ccccc32)N2CCCC2)c1. The van der Waals surface area contributed by atoms with Crippen molar-refractivity contribution in [3.63, 3.8) is 0 Å². The highest BCUT2D eigenvalue weighted by molar-refractivity contribution is 5.80. The summed E-state index contributed by atoms with van der Waals surface area (Å²) in [5.74, 6) is 0.644. The maximum absolute atomic E-state index is 12.8. The summed E-state index contributed by atoms with van der Waals surface area (Å²) in [4.78, 5) is 27.8. The summed E-state index contributed by atoms with van der Waals surface area (Å²) in [5, 5.41) is 3.05. The Labute approximate surface area is 175 Å². The number of aryl methyl sites for hydroxylation is 1. The van der Waals surface area contributed by atoms with Gasteiger partial charge < -0.3 is 10.1 Å². The van der Waals surface area contributed by atoms with Crippen LogP contribution in [0.3, 0.4) is 0 Å². The molecule has 0 spiro atoms. The minimum absolute atomic E-state index is 0.00498. The number of methoxy groups -OCH3 is 1. The molecule has 7 nitrogen and oxygen atoms in total. The number of nitrogens with zero attached hydrogens (tertiary/aromatic N) is 3. The van der Waals surface area contributed by atoms with Gasteiger partial charge in [-0.15, -0.1) is 0 Å². The number of ether oxygens (including phenoxy) is 1. The van der Waals surface area contributed by atoms with Gasteiger partial charge in [-0.3, -0.25) is 18.8 Å². The van der Waals surface area contributed by atoms with Crippen LogP contribution in [0.25, 0.3) is 11.0 Å². The number of likely N-dealkylation sites (tertiary alicyclic amines) is 1. The van der Waals surface area contributed by atoms with Gasteiger partial charge >= 0.3 is 5.69 Å². The van der Waals surface area contributed by atoms with E-state index in [-0.39, 0.29) is 24.2 Å². The van der Waals surface area contributed by atoms with Gasteiger partial charge in [-0.25, -0.2) is 4.79 Å². The first-order valence-corrected chi connectivity index (χ1v) is 10.4. The fourth-order valence-electron chi connectivity index (χ4n) is 4.29. The van der Waals surface area contributed by atoms with Crippen molar-refractivity contribution >= 4 is 16.9 Å². The van der Waals surface area contributed by atoms with Crippen molar-refractivity contribution in [3.05, 3.63) is 64.6 Å². The molecule has 1 amide bonds. The van der Waals surface area contributed by atoms with Gasteiger partial charge in [0.1, 0.15) is 12.3 Å². The monoisotopic (exact) mass is 408 g/mol. The third kappa shape index (κ3) is 3.98. The summed E-state index contributed by atoms with van der Waals surface area (Å²) in [7, 11) is 3.39. The number of para-hydroxylation sites is 2. The van der Waals surface area contributed by atoms with Crippen LogP contribution in [0, 0.1) is 0 Å². The van der Waals surface area contributed by atoms with E-state index in [2.05, 4.69) is 16.3 Å². The molecule has 1 atom stereocenters. The lowest BCUT2D eigenvalue weighted by molar-refractivity contribution is -0.121. The fraction of sp³-hybridized carbons (Fsp3) is 0.391. The highest BCUT2D eigenvalue weighted by Gasteiger charge is 2.24. The first-order chi connectivity index (χ1) is 14.6. The van der Waals surface area contributed by atoms with E-state index in [4.69, 9.17) is 4.74 Å². The second kappa shape index (κ2) is 8.75. The topological polar surface area (TPSA) is 68.5 Å². The van der Waals surface area contributed by atoms with Crippen LogP contribution in [0.1, 0.15) is 24.4 Å². The molecule has 0 radical (unpaired) electrons. The predicted octanol–water partition coefficient (Wildman–Crippen LogP) is 2.30. The average Bonchev–Trinajstić information content (AvgIpc) is 3.38. The number of nitrogens with one attached hydrogen (secondary N) is 1. The number of rotatable bonds is 7. The smallest absolute Gasteiger partial charge is 0.329 e. The molecule has 1 aliphatic rings. The maximum Gasteiger partial charge on any atom is 0.329 e. The predicted molar refractivity (Wildman–Crippen MR) is 117 cm³/mol. The average molecular weight is 409 g/mol. The molecule has 0 aliphatic carbocycles. The van der Waals surface area contributed by atoms with E-state index in [0.29, 0.717) is 6.54 Å². The van der Waals surface area contributed by atoms with Crippen LogP contribution in [0.15, 0.2) is 53.3 Å². The van der Waals surface area contributed by atoms with E-state index in [9.17, 15) is 9.59 Å². The molecule has 2 aromatic carbocycles. The van der Waals surface area contributed by atoms with Gasteiger partial charge in [-0.1, -0.05) is 24.3 Å².